The minimum atomic E-state index is -0.619. The number of para-hydroxylation sites is 1. The van der Waals surface area contributed by atoms with Gasteiger partial charge in [0.05, 0.1) is 28.8 Å². The normalized spacial score (nSPS) is 17.6. The molecule has 122 valence electrons. The summed E-state index contributed by atoms with van der Waals surface area (Å²) in [5.41, 5.74) is 0.293. The van der Waals surface area contributed by atoms with Gasteiger partial charge < -0.3 is 10.1 Å². The number of anilines is 1. The molecule has 1 N–H and O–H groups in total. The molecule has 0 aromatic heterocycles. The summed E-state index contributed by atoms with van der Waals surface area (Å²) >= 11 is 12.2. The number of hydrogen-bond acceptors (Lipinski definition) is 4. The third kappa shape index (κ3) is 3.83. The van der Waals surface area contributed by atoms with Crippen LogP contribution in [0.15, 0.2) is 35.6 Å². The van der Waals surface area contributed by atoms with E-state index in [4.69, 9.17) is 27.9 Å². The Morgan fingerprint density at radius 1 is 1.43 bits per heavy atom. The zero-order valence-corrected chi connectivity index (χ0v) is 14.1. The highest BCUT2D eigenvalue weighted by Crippen LogP contribution is 2.36. The van der Waals surface area contributed by atoms with E-state index in [1.165, 1.54) is 12.3 Å². The monoisotopic (exact) mass is 355 g/mol. The first-order valence-electron chi connectivity index (χ1n) is 6.91. The van der Waals surface area contributed by atoms with Gasteiger partial charge in [-0.3, -0.25) is 9.59 Å². The van der Waals surface area contributed by atoms with Crippen LogP contribution in [0.3, 0.4) is 0 Å². The lowest BCUT2D eigenvalue weighted by molar-refractivity contribution is -0.119. The average Bonchev–Trinajstić information content (AvgIpc) is 2.76. The van der Waals surface area contributed by atoms with Crippen LogP contribution in [0.25, 0.3) is 0 Å². The van der Waals surface area contributed by atoms with Crippen molar-refractivity contribution < 1.29 is 14.3 Å². The predicted molar refractivity (Wildman–Crippen MR) is 89.5 cm³/mol. The van der Waals surface area contributed by atoms with Crippen molar-refractivity contribution in [2.24, 2.45) is 11.0 Å². The number of rotatable bonds is 4. The molecule has 0 aliphatic carbocycles. The summed E-state index contributed by atoms with van der Waals surface area (Å²) in [5, 5.41) is 8.39. The molecule has 0 fully saturated rings. The number of halogens is 2. The van der Waals surface area contributed by atoms with Crippen LogP contribution in [-0.2, 0) is 14.3 Å². The van der Waals surface area contributed by atoms with Gasteiger partial charge in [0.25, 0.3) is 11.8 Å². The molecule has 2 amide bonds. The second-order valence-corrected chi connectivity index (χ2v) is 5.49. The number of nitrogens with one attached hydrogen (secondary N) is 1. The second-order valence-electron chi connectivity index (χ2n) is 4.67. The van der Waals surface area contributed by atoms with E-state index in [-0.39, 0.29) is 11.7 Å². The van der Waals surface area contributed by atoms with Crippen LogP contribution in [0.2, 0.25) is 10.0 Å². The molecule has 0 bridgehead atoms. The lowest BCUT2D eigenvalue weighted by atomic mass is 10.1. The highest BCUT2D eigenvalue weighted by Gasteiger charge is 2.35. The van der Waals surface area contributed by atoms with E-state index in [0.29, 0.717) is 22.3 Å². The molecule has 1 aromatic rings. The third-order valence-electron chi connectivity index (χ3n) is 3.08. The maximum absolute atomic E-state index is 12.4. The molecule has 8 heteroatoms. The van der Waals surface area contributed by atoms with E-state index in [9.17, 15) is 9.59 Å². The van der Waals surface area contributed by atoms with Crippen molar-refractivity contribution in [2.45, 2.75) is 13.8 Å². The molecule has 1 aliphatic rings. The molecule has 0 saturated heterocycles. The zero-order chi connectivity index (χ0) is 17.0. The van der Waals surface area contributed by atoms with Gasteiger partial charge in [-0.2, -0.15) is 10.1 Å². The Labute approximate surface area is 143 Å². The largest absolute Gasteiger partial charge is 0.501 e. The Hall–Kier alpha value is -2.05. The molecule has 0 spiro atoms. The van der Waals surface area contributed by atoms with Crippen LogP contribution in [0.1, 0.15) is 13.8 Å². The Kier molecular flexibility index (Phi) is 5.63. The average molecular weight is 356 g/mol. The lowest BCUT2D eigenvalue weighted by Gasteiger charge is -2.15. The van der Waals surface area contributed by atoms with Crippen LogP contribution >= 0.6 is 23.2 Å². The van der Waals surface area contributed by atoms with Gasteiger partial charge in [-0.1, -0.05) is 29.3 Å². The molecule has 1 unspecified atom stereocenters. The number of nitrogens with zero attached hydrogens (tertiary/aromatic N) is 2. The maximum Gasteiger partial charge on any atom is 0.258 e. The van der Waals surface area contributed by atoms with Gasteiger partial charge in [0.15, 0.2) is 0 Å². The third-order valence-corrected chi connectivity index (χ3v) is 3.69. The van der Waals surface area contributed by atoms with E-state index in [1.54, 1.807) is 32.0 Å². The first-order valence-corrected chi connectivity index (χ1v) is 7.67. The topological polar surface area (TPSA) is 71.0 Å². The molecule has 1 aliphatic heterocycles. The zero-order valence-electron chi connectivity index (χ0n) is 12.5. The Balaban J connectivity index is 2.22. The molecular formula is C15H15Cl2N3O3. The quantitative estimate of drug-likeness (QED) is 0.666. The van der Waals surface area contributed by atoms with E-state index < -0.39 is 11.8 Å². The summed E-state index contributed by atoms with van der Waals surface area (Å²) in [7, 11) is 0. The highest BCUT2D eigenvalue weighted by atomic mass is 35.5. The lowest BCUT2D eigenvalue weighted by Crippen LogP contribution is -2.34. The molecule has 0 radical (unpaired) electrons. The molecule has 23 heavy (non-hydrogen) atoms. The molecule has 6 nitrogen and oxygen atoms in total. The van der Waals surface area contributed by atoms with E-state index in [2.05, 4.69) is 10.4 Å². The van der Waals surface area contributed by atoms with Gasteiger partial charge in [0, 0.05) is 6.08 Å². The van der Waals surface area contributed by atoms with Gasteiger partial charge in [0.1, 0.15) is 11.5 Å². The first kappa shape index (κ1) is 17.3. The summed E-state index contributed by atoms with van der Waals surface area (Å²) < 4.78 is 4.94. The number of amides is 2. The van der Waals surface area contributed by atoms with Crippen molar-refractivity contribution in [2.75, 3.05) is 11.6 Å². The highest BCUT2D eigenvalue weighted by molar-refractivity contribution is 6.40. The first-order chi connectivity index (χ1) is 11.0. The Morgan fingerprint density at radius 3 is 2.70 bits per heavy atom. The maximum atomic E-state index is 12.4. The van der Waals surface area contributed by atoms with Crippen LogP contribution in [-0.4, -0.2) is 24.3 Å². The number of ether oxygens (including phenoxy) is 1. The van der Waals surface area contributed by atoms with Crippen molar-refractivity contribution in [1.29, 1.82) is 0 Å². The van der Waals surface area contributed by atoms with Gasteiger partial charge in [-0.15, -0.1) is 0 Å². The predicted octanol–water partition coefficient (Wildman–Crippen LogP) is 2.96. The van der Waals surface area contributed by atoms with E-state index >= 15 is 0 Å². The number of carbonyl (C=O) groups is 2. The van der Waals surface area contributed by atoms with Crippen LogP contribution in [0.4, 0.5) is 5.69 Å². The minimum Gasteiger partial charge on any atom is -0.501 e. The molecule has 0 saturated carbocycles. The molecule has 1 aromatic carbocycles. The second kappa shape index (κ2) is 7.48. The van der Waals surface area contributed by atoms with Gasteiger partial charge in [-0.05, 0) is 26.0 Å². The Bertz CT molecular complexity index is 668. The van der Waals surface area contributed by atoms with Crippen molar-refractivity contribution in [3.63, 3.8) is 0 Å². The summed E-state index contributed by atoms with van der Waals surface area (Å²) in [6.45, 7) is 3.89. The summed E-state index contributed by atoms with van der Waals surface area (Å²) in [6.07, 6.45) is 2.49. The van der Waals surface area contributed by atoms with Crippen molar-refractivity contribution >= 4 is 46.5 Å². The number of benzene rings is 1. The van der Waals surface area contributed by atoms with E-state index in [0.717, 1.165) is 5.01 Å². The molecule has 2 rings (SSSR count). The SMILES string of the molecule is CCOC=CC(=O)NC1=NN(c2c(Cl)cccc2Cl)C(=O)C1C. The minimum absolute atomic E-state index is 0.220. The van der Waals surface area contributed by atoms with E-state index in [1.807, 2.05) is 0 Å². The van der Waals surface area contributed by atoms with Crippen molar-refractivity contribution in [3.05, 3.63) is 40.6 Å². The summed E-state index contributed by atoms with van der Waals surface area (Å²) in [6, 6.07) is 4.89. The molecule has 1 heterocycles. The van der Waals surface area contributed by atoms with Crippen molar-refractivity contribution in [1.82, 2.24) is 5.32 Å². The Morgan fingerprint density at radius 2 is 2.09 bits per heavy atom. The van der Waals surface area contributed by atoms with Crippen molar-refractivity contribution in [3.8, 4) is 0 Å². The number of hydrazone groups is 1. The summed E-state index contributed by atoms with van der Waals surface area (Å²) in [5.74, 6) is -1.17. The fourth-order valence-corrected chi connectivity index (χ4v) is 2.46. The number of amidine groups is 1. The fourth-order valence-electron chi connectivity index (χ4n) is 1.90. The summed E-state index contributed by atoms with van der Waals surface area (Å²) in [4.78, 5) is 24.1. The van der Waals surface area contributed by atoms with Gasteiger partial charge >= 0.3 is 0 Å². The number of carbonyl (C=O) groups excluding carboxylic acids is 2. The standard InChI is InChI=1S/C15H15Cl2N3O3/c1-3-23-8-7-12(21)18-14-9(2)15(22)20(19-14)13-10(16)5-4-6-11(13)17/h4-9H,3H2,1-2H3,(H,18,19,21). The van der Waals surface area contributed by atoms with Crippen LogP contribution in [0, 0.1) is 5.92 Å². The molecule has 1 atom stereocenters. The van der Waals surface area contributed by atoms with Crippen LogP contribution in [0.5, 0.6) is 0 Å². The van der Waals surface area contributed by atoms with Gasteiger partial charge in [-0.25, -0.2) is 0 Å². The fraction of sp³-hybridized carbons (Fsp3) is 0.267. The molecular weight excluding hydrogens is 341 g/mol. The smallest absolute Gasteiger partial charge is 0.258 e. The number of hydrogen-bond donors (Lipinski definition) is 1. The van der Waals surface area contributed by atoms with Crippen LogP contribution < -0.4 is 10.3 Å². The van der Waals surface area contributed by atoms with Gasteiger partial charge in [0.2, 0.25) is 0 Å².